The van der Waals surface area contributed by atoms with E-state index in [0.717, 1.165) is 15.6 Å². The second-order valence-electron chi connectivity index (χ2n) is 8.41. The molecule has 1 aliphatic heterocycles. The minimum absolute atomic E-state index is 0.00377. The average Bonchev–Trinajstić information content (AvgIpc) is 2.90. The van der Waals surface area contributed by atoms with Crippen LogP contribution in [-0.2, 0) is 16.0 Å². The Bertz CT molecular complexity index is 1480. The van der Waals surface area contributed by atoms with Crippen molar-refractivity contribution in [3.8, 4) is 0 Å². The highest BCUT2D eigenvalue weighted by Gasteiger charge is 2.41. The van der Waals surface area contributed by atoms with Crippen LogP contribution in [0, 0.1) is 0 Å². The van der Waals surface area contributed by atoms with Gasteiger partial charge >= 0.3 is 0 Å². The summed E-state index contributed by atoms with van der Waals surface area (Å²) in [4.78, 5) is 30.1. The van der Waals surface area contributed by atoms with E-state index in [4.69, 9.17) is 23.8 Å². The Kier molecular flexibility index (Phi) is 7.33. The summed E-state index contributed by atoms with van der Waals surface area (Å²) < 4.78 is 1.01. The molecule has 0 spiro atoms. The molecule has 4 aromatic rings. The van der Waals surface area contributed by atoms with Gasteiger partial charge in [0, 0.05) is 15.9 Å². The minimum Gasteiger partial charge on any atom is -0.268 e. The molecular weight excluding hydrogens is 568 g/mol. The van der Waals surface area contributed by atoms with Gasteiger partial charge in [-0.1, -0.05) is 94.3 Å². The van der Waals surface area contributed by atoms with Crippen LogP contribution in [0.2, 0.25) is 5.02 Å². The smallest absolute Gasteiger partial charge is 0.268 e. The number of thiocarbonyl (C=S) groups is 1. The van der Waals surface area contributed by atoms with Gasteiger partial charge in [-0.3, -0.25) is 19.4 Å². The molecular formula is C30H20BrClN2O2S. The third-order valence-corrected chi connectivity index (χ3v) is 7.50. The van der Waals surface area contributed by atoms with E-state index >= 15 is 0 Å². The van der Waals surface area contributed by atoms with E-state index in [0.29, 0.717) is 28.4 Å². The van der Waals surface area contributed by atoms with Gasteiger partial charge in [0.05, 0.1) is 11.4 Å². The maximum atomic E-state index is 13.6. The van der Waals surface area contributed by atoms with E-state index < -0.39 is 11.8 Å². The van der Waals surface area contributed by atoms with Crippen LogP contribution in [0.1, 0.15) is 16.7 Å². The third-order valence-electron chi connectivity index (χ3n) is 6.01. The van der Waals surface area contributed by atoms with Crippen LogP contribution < -0.4 is 9.80 Å². The number of amides is 2. The Balaban J connectivity index is 1.54. The summed E-state index contributed by atoms with van der Waals surface area (Å²) in [6.07, 6.45) is 2.22. The molecule has 37 heavy (non-hydrogen) atoms. The number of halogens is 2. The number of benzene rings is 4. The Morgan fingerprint density at radius 1 is 0.730 bits per heavy atom. The molecule has 0 bridgehead atoms. The fourth-order valence-corrected chi connectivity index (χ4v) is 5.21. The van der Waals surface area contributed by atoms with Crippen LogP contribution >= 0.6 is 39.7 Å². The van der Waals surface area contributed by atoms with Gasteiger partial charge < -0.3 is 0 Å². The summed E-state index contributed by atoms with van der Waals surface area (Å²) in [5.41, 5.74) is 3.85. The van der Waals surface area contributed by atoms with Gasteiger partial charge in [-0.25, -0.2) is 0 Å². The molecule has 0 N–H and O–H groups in total. The molecule has 1 heterocycles. The van der Waals surface area contributed by atoms with Crippen molar-refractivity contribution < 1.29 is 9.59 Å². The molecule has 0 radical (unpaired) electrons. The Hall–Kier alpha value is -3.58. The van der Waals surface area contributed by atoms with Crippen LogP contribution in [0.3, 0.4) is 0 Å². The zero-order chi connectivity index (χ0) is 25.9. The van der Waals surface area contributed by atoms with Crippen molar-refractivity contribution in [2.24, 2.45) is 0 Å². The van der Waals surface area contributed by atoms with E-state index in [1.54, 1.807) is 36.4 Å². The van der Waals surface area contributed by atoms with Crippen molar-refractivity contribution in [2.75, 3.05) is 9.80 Å². The van der Waals surface area contributed by atoms with E-state index in [-0.39, 0.29) is 10.7 Å². The zero-order valence-corrected chi connectivity index (χ0v) is 22.6. The minimum atomic E-state index is -0.484. The molecule has 5 rings (SSSR count). The molecule has 1 aliphatic rings. The van der Waals surface area contributed by atoms with Crippen LogP contribution in [0.4, 0.5) is 11.4 Å². The highest BCUT2D eigenvalue weighted by atomic mass is 79.9. The van der Waals surface area contributed by atoms with Gasteiger partial charge in [-0.05, 0) is 71.4 Å². The standard InChI is InChI=1S/C30H20BrClN2O2S/c31-26-14-8-7-9-21(26)19-22-16-15-20(18-27(22)32)17-25-28(35)33(23-10-3-1-4-11-23)30(37)34(29(25)36)24-12-5-2-6-13-24/h1-18H,19H2. The predicted octanol–water partition coefficient (Wildman–Crippen LogP) is 7.44. The monoisotopic (exact) mass is 586 g/mol. The molecule has 4 aromatic carbocycles. The lowest BCUT2D eigenvalue weighted by molar-refractivity contribution is -0.120. The summed E-state index contributed by atoms with van der Waals surface area (Å²) in [5.74, 6) is -0.969. The molecule has 7 heteroatoms. The second kappa shape index (κ2) is 10.8. The molecule has 0 atom stereocenters. The predicted molar refractivity (Wildman–Crippen MR) is 157 cm³/mol. The Labute approximate surface area is 233 Å². The fraction of sp³-hybridized carbons (Fsp3) is 0.0333. The zero-order valence-electron chi connectivity index (χ0n) is 19.5. The highest BCUT2D eigenvalue weighted by molar-refractivity contribution is 9.10. The highest BCUT2D eigenvalue weighted by Crippen LogP contribution is 2.31. The summed E-state index contributed by atoms with van der Waals surface area (Å²) in [7, 11) is 0. The number of carbonyl (C=O) groups excluding carboxylic acids is 2. The maximum absolute atomic E-state index is 13.6. The van der Waals surface area contributed by atoms with Gasteiger partial charge in [0.2, 0.25) is 0 Å². The summed E-state index contributed by atoms with van der Waals surface area (Å²) in [6, 6.07) is 31.7. The van der Waals surface area contributed by atoms with Crippen molar-refractivity contribution in [1.29, 1.82) is 0 Å². The lowest BCUT2D eigenvalue weighted by Gasteiger charge is -2.36. The van der Waals surface area contributed by atoms with Crippen molar-refractivity contribution in [1.82, 2.24) is 0 Å². The van der Waals surface area contributed by atoms with E-state index in [1.807, 2.05) is 72.8 Å². The van der Waals surface area contributed by atoms with Gasteiger partial charge in [-0.2, -0.15) is 0 Å². The fourth-order valence-electron chi connectivity index (χ4n) is 4.15. The molecule has 2 amide bonds. The first kappa shape index (κ1) is 25.1. The number of hydrogen-bond donors (Lipinski definition) is 0. The molecule has 0 unspecified atom stereocenters. The first-order valence-corrected chi connectivity index (χ1v) is 13.1. The first-order chi connectivity index (χ1) is 17.9. The lowest BCUT2D eigenvalue weighted by atomic mass is 10.0. The number of hydrogen-bond acceptors (Lipinski definition) is 3. The first-order valence-electron chi connectivity index (χ1n) is 11.5. The van der Waals surface area contributed by atoms with Crippen LogP contribution in [0.15, 0.2) is 113 Å². The molecule has 1 fully saturated rings. The topological polar surface area (TPSA) is 40.6 Å². The molecule has 1 saturated heterocycles. The van der Waals surface area contributed by atoms with Gasteiger partial charge in [0.15, 0.2) is 5.11 Å². The van der Waals surface area contributed by atoms with Crippen LogP contribution in [-0.4, -0.2) is 16.9 Å². The SMILES string of the molecule is O=C1C(=Cc2ccc(Cc3ccccc3Br)c(Cl)c2)C(=O)N(c2ccccc2)C(=S)N1c1ccccc1. The number of anilines is 2. The Morgan fingerprint density at radius 2 is 1.27 bits per heavy atom. The summed E-state index contributed by atoms with van der Waals surface area (Å²) >= 11 is 15.9. The van der Waals surface area contributed by atoms with E-state index in [1.165, 1.54) is 9.80 Å². The number of nitrogens with zero attached hydrogens (tertiary/aromatic N) is 2. The van der Waals surface area contributed by atoms with E-state index in [9.17, 15) is 9.59 Å². The van der Waals surface area contributed by atoms with Gasteiger partial charge in [-0.15, -0.1) is 0 Å². The number of para-hydroxylation sites is 2. The number of carbonyl (C=O) groups is 2. The molecule has 0 aromatic heterocycles. The largest absolute Gasteiger partial charge is 0.270 e. The third kappa shape index (κ3) is 5.14. The van der Waals surface area contributed by atoms with Crippen molar-refractivity contribution in [2.45, 2.75) is 6.42 Å². The van der Waals surface area contributed by atoms with Gasteiger partial charge in [0.1, 0.15) is 5.57 Å². The molecule has 182 valence electrons. The second-order valence-corrected chi connectivity index (χ2v) is 10.0. The quantitative estimate of drug-likeness (QED) is 0.138. The van der Waals surface area contributed by atoms with Gasteiger partial charge in [0.25, 0.3) is 11.8 Å². The van der Waals surface area contributed by atoms with Crippen molar-refractivity contribution in [3.05, 3.63) is 135 Å². The molecule has 0 aliphatic carbocycles. The van der Waals surface area contributed by atoms with Crippen LogP contribution in [0.25, 0.3) is 6.08 Å². The Morgan fingerprint density at radius 3 is 1.81 bits per heavy atom. The lowest BCUT2D eigenvalue weighted by Crippen LogP contribution is -2.56. The maximum Gasteiger partial charge on any atom is 0.270 e. The van der Waals surface area contributed by atoms with Crippen molar-refractivity contribution >= 4 is 74.1 Å². The van der Waals surface area contributed by atoms with Crippen LogP contribution in [0.5, 0.6) is 0 Å². The molecule has 0 saturated carbocycles. The average molecular weight is 588 g/mol. The normalized spacial score (nSPS) is 13.8. The number of rotatable bonds is 5. The summed E-state index contributed by atoms with van der Waals surface area (Å²) in [5, 5.41) is 0.655. The van der Waals surface area contributed by atoms with Crippen molar-refractivity contribution in [3.63, 3.8) is 0 Å². The van der Waals surface area contributed by atoms with E-state index in [2.05, 4.69) is 15.9 Å². The summed E-state index contributed by atoms with van der Waals surface area (Å²) in [6.45, 7) is 0. The molecule has 4 nitrogen and oxygen atoms in total.